The van der Waals surface area contributed by atoms with Crippen LogP contribution in [0.3, 0.4) is 0 Å². The quantitative estimate of drug-likeness (QED) is 0.862. The van der Waals surface area contributed by atoms with E-state index in [1.807, 2.05) is 13.0 Å². The second-order valence-electron chi connectivity index (χ2n) is 4.72. The standard InChI is InChI=1S/C14H19F2NO2/c1-10(17-9-13-6-3-7-18-13)11-4-2-5-12(8-11)19-14(15)16/h2,4-5,8,10,13-14,17H,3,6-7,9H2,1H3. The number of rotatable bonds is 6. The first-order valence-corrected chi connectivity index (χ1v) is 6.55. The van der Waals surface area contributed by atoms with Crippen molar-refractivity contribution >= 4 is 0 Å². The predicted molar refractivity (Wildman–Crippen MR) is 68.5 cm³/mol. The van der Waals surface area contributed by atoms with Crippen molar-refractivity contribution in [1.82, 2.24) is 5.32 Å². The number of nitrogens with one attached hydrogen (secondary N) is 1. The Kier molecular flexibility index (Phi) is 5.10. The van der Waals surface area contributed by atoms with Crippen LogP contribution >= 0.6 is 0 Å². The summed E-state index contributed by atoms with van der Waals surface area (Å²) in [5, 5.41) is 3.35. The van der Waals surface area contributed by atoms with Gasteiger partial charge in [-0.15, -0.1) is 0 Å². The number of alkyl halides is 2. The van der Waals surface area contributed by atoms with Gasteiger partial charge in [-0.2, -0.15) is 8.78 Å². The molecule has 0 amide bonds. The van der Waals surface area contributed by atoms with Crippen LogP contribution < -0.4 is 10.1 Å². The molecule has 0 aromatic heterocycles. The maximum atomic E-state index is 12.2. The summed E-state index contributed by atoms with van der Waals surface area (Å²) < 4.78 is 34.2. The third-order valence-electron chi connectivity index (χ3n) is 3.26. The van der Waals surface area contributed by atoms with Gasteiger partial charge >= 0.3 is 6.61 Å². The summed E-state index contributed by atoms with van der Waals surface area (Å²) in [4.78, 5) is 0. The maximum absolute atomic E-state index is 12.2. The van der Waals surface area contributed by atoms with Crippen molar-refractivity contribution in [3.8, 4) is 5.75 Å². The SMILES string of the molecule is CC(NCC1CCCO1)c1cccc(OC(F)F)c1. The Morgan fingerprint density at radius 3 is 3.00 bits per heavy atom. The van der Waals surface area contributed by atoms with E-state index in [1.54, 1.807) is 12.1 Å². The molecule has 1 fully saturated rings. The first-order chi connectivity index (χ1) is 9.15. The van der Waals surface area contributed by atoms with Gasteiger partial charge in [0.25, 0.3) is 0 Å². The third-order valence-corrected chi connectivity index (χ3v) is 3.26. The van der Waals surface area contributed by atoms with Crippen molar-refractivity contribution in [3.05, 3.63) is 29.8 Å². The van der Waals surface area contributed by atoms with Crippen molar-refractivity contribution in [2.24, 2.45) is 0 Å². The molecule has 2 rings (SSSR count). The highest BCUT2D eigenvalue weighted by Crippen LogP contribution is 2.21. The van der Waals surface area contributed by atoms with Gasteiger partial charge in [0.1, 0.15) is 5.75 Å². The predicted octanol–water partition coefficient (Wildman–Crippen LogP) is 3.12. The molecule has 1 heterocycles. The molecular formula is C14H19F2NO2. The molecule has 1 aromatic carbocycles. The minimum absolute atomic E-state index is 0.0745. The first-order valence-electron chi connectivity index (χ1n) is 6.55. The Hall–Kier alpha value is -1.20. The van der Waals surface area contributed by atoms with Crippen LogP contribution in [0.4, 0.5) is 8.78 Å². The van der Waals surface area contributed by atoms with E-state index in [2.05, 4.69) is 10.1 Å². The monoisotopic (exact) mass is 271 g/mol. The van der Waals surface area contributed by atoms with Gasteiger partial charge in [-0.1, -0.05) is 12.1 Å². The Labute approximate surface area is 111 Å². The molecule has 2 unspecified atom stereocenters. The van der Waals surface area contributed by atoms with E-state index < -0.39 is 6.61 Å². The van der Waals surface area contributed by atoms with Gasteiger partial charge in [-0.05, 0) is 37.5 Å². The van der Waals surface area contributed by atoms with Gasteiger partial charge in [0, 0.05) is 19.2 Å². The lowest BCUT2D eigenvalue weighted by atomic mass is 10.1. The van der Waals surface area contributed by atoms with E-state index in [0.29, 0.717) is 0 Å². The third kappa shape index (κ3) is 4.44. The molecule has 1 aliphatic heterocycles. The lowest BCUT2D eigenvalue weighted by Crippen LogP contribution is -2.28. The van der Waals surface area contributed by atoms with Crippen molar-refractivity contribution in [2.75, 3.05) is 13.2 Å². The second kappa shape index (κ2) is 6.82. The molecule has 1 saturated heterocycles. The fourth-order valence-electron chi connectivity index (χ4n) is 2.19. The van der Waals surface area contributed by atoms with Gasteiger partial charge in [-0.25, -0.2) is 0 Å². The topological polar surface area (TPSA) is 30.5 Å². The zero-order valence-electron chi connectivity index (χ0n) is 10.9. The number of halogens is 2. The van der Waals surface area contributed by atoms with Crippen LogP contribution in [-0.2, 0) is 4.74 Å². The Bertz CT molecular complexity index is 395. The largest absolute Gasteiger partial charge is 0.435 e. The van der Waals surface area contributed by atoms with Crippen LogP contribution in [0.5, 0.6) is 5.75 Å². The summed E-state index contributed by atoms with van der Waals surface area (Å²) in [7, 11) is 0. The highest BCUT2D eigenvalue weighted by atomic mass is 19.3. The van der Waals surface area contributed by atoms with Crippen LogP contribution in [0.1, 0.15) is 31.4 Å². The molecule has 5 heteroatoms. The van der Waals surface area contributed by atoms with Crippen molar-refractivity contribution in [3.63, 3.8) is 0 Å². The molecule has 106 valence electrons. The van der Waals surface area contributed by atoms with Gasteiger partial charge in [0.05, 0.1) is 6.10 Å². The second-order valence-corrected chi connectivity index (χ2v) is 4.72. The number of benzene rings is 1. The molecule has 1 aromatic rings. The summed E-state index contributed by atoms with van der Waals surface area (Å²) in [5.41, 5.74) is 0.927. The molecule has 2 atom stereocenters. The minimum atomic E-state index is -2.79. The summed E-state index contributed by atoms with van der Waals surface area (Å²) in [5.74, 6) is 0.193. The molecule has 1 aliphatic rings. The van der Waals surface area contributed by atoms with Crippen molar-refractivity contribution in [2.45, 2.75) is 38.5 Å². The fourth-order valence-corrected chi connectivity index (χ4v) is 2.19. The van der Waals surface area contributed by atoms with Crippen LogP contribution in [0.2, 0.25) is 0 Å². The maximum Gasteiger partial charge on any atom is 0.387 e. The van der Waals surface area contributed by atoms with Gasteiger partial charge < -0.3 is 14.8 Å². The molecular weight excluding hydrogens is 252 g/mol. The number of hydrogen-bond donors (Lipinski definition) is 1. The fraction of sp³-hybridized carbons (Fsp3) is 0.571. The van der Waals surface area contributed by atoms with E-state index in [-0.39, 0.29) is 17.9 Å². The van der Waals surface area contributed by atoms with Crippen LogP contribution in [0.15, 0.2) is 24.3 Å². The van der Waals surface area contributed by atoms with Crippen LogP contribution in [0.25, 0.3) is 0 Å². The van der Waals surface area contributed by atoms with Crippen LogP contribution in [0, 0.1) is 0 Å². The van der Waals surface area contributed by atoms with Gasteiger partial charge in [0.2, 0.25) is 0 Å². The van der Waals surface area contributed by atoms with E-state index in [0.717, 1.165) is 31.6 Å². The molecule has 1 N–H and O–H groups in total. The highest BCUT2D eigenvalue weighted by molar-refractivity contribution is 5.30. The molecule has 3 nitrogen and oxygen atoms in total. The van der Waals surface area contributed by atoms with E-state index in [4.69, 9.17) is 4.74 Å². The molecule has 19 heavy (non-hydrogen) atoms. The first kappa shape index (κ1) is 14.2. The molecule has 0 saturated carbocycles. The Balaban J connectivity index is 1.88. The van der Waals surface area contributed by atoms with E-state index >= 15 is 0 Å². The zero-order valence-corrected chi connectivity index (χ0v) is 10.9. The lowest BCUT2D eigenvalue weighted by molar-refractivity contribution is -0.0499. The van der Waals surface area contributed by atoms with Gasteiger partial charge in [-0.3, -0.25) is 0 Å². The summed E-state index contributed by atoms with van der Waals surface area (Å²) >= 11 is 0. The van der Waals surface area contributed by atoms with Crippen LogP contribution in [-0.4, -0.2) is 25.9 Å². The average Bonchev–Trinajstić information content (AvgIpc) is 2.88. The molecule has 0 radical (unpaired) electrons. The zero-order chi connectivity index (χ0) is 13.7. The van der Waals surface area contributed by atoms with E-state index in [9.17, 15) is 8.78 Å². The number of ether oxygens (including phenoxy) is 2. The minimum Gasteiger partial charge on any atom is -0.435 e. The van der Waals surface area contributed by atoms with E-state index in [1.165, 1.54) is 6.07 Å². The normalized spacial score (nSPS) is 20.7. The molecule has 0 spiro atoms. The van der Waals surface area contributed by atoms with Crippen molar-refractivity contribution < 1.29 is 18.3 Å². The molecule has 0 bridgehead atoms. The number of hydrogen-bond acceptors (Lipinski definition) is 3. The lowest BCUT2D eigenvalue weighted by Gasteiger charge is -2.18. The summed E-state index contributed by atoms with van der Waals surface area (Å²) in [6.45, 7) is 0.820. The van der Waals surface area contributed by atoms with Crippen molar-refractivity contribution in [1.29, 1.82) is 0 Å². The van der Waals surface area contributed by atoms with Gasteiger partial charge in [0.15, 0.2) is 0 Å². The Morgan fingerprint density at radius 2 is 2.32 bits per heavy atom. The highest BCUT2D eigenvalue weighted by Gasteiger charge is 2.16. The average molecular weight is 271 g/mol. The summed E-state index contributed by atoms with van der Waals surface area (Å²) in [6.07, 6.45) is 2.45. The summed E-state index contributed by atoms with van der Waals surface area (Å²) in [6, 6.07) is 6.86. The smallest absolute Gasteiger partial charge is 0.387 e. The Morgan fingerprint density at radius 1 is 1.47 bits per heavy atom. The molecule has 0 aliphatic carbocycles.